The van der Waals surface area contributed by atoms with E-state index in [4.69, 9.17) is 4.74 Å². The van der Waals surface area contributed by atoms with E-state index in [1.165, 1.54) is 7.11 Å². The third-order valence-corrected chi connectivity index (χ3v) is 5.75. The van der Waals surface area contributed by atoms with Crippen LogP contribution in [-0.2, 0) is 30.5 Å². The first kappa shape index (κ1) is 15.9. The Hall–Kier alpha value is -1.50. The number of ether oxygens (including phenoxy) is 1. The summed E-state index contributed by atoms with van der Waals surface area (Å²) in [6.07, 6.45) is 1.43. The minimum Gasteiger partial charge on any atom is -0.468 e. The molecule has 0 unspecified atom stereocenters. The summed E-state index contributed by atoms with van der Waals surface area (Å²) in [6, 6.07) is 1.68. The fourth-order valence-corrected chi connectivity index (χ4v) is 3.68. The number of methoxy groups -OCH3 is 1. The van der Waals surface area contributed by atoms with Crippen molar-refractivity contribution < 1.29 is 17.9 Å². The Morgan fingerprint density at radius 3 is 2.52 bits per heavy atom. The Labute approximate surface area is 124 Å². The summed E-state index contributed by atoms with van der Waals surface area (Å²) in [5, 5.41) is -0.251. The van der Waals surface area contributed by atoms with E-state index in [2.05, 4.69) is 9.97 Å². The van der Waals surface area contributed by atoms with E-state index in [0.29, 0.717) is 24.2 Å². The van der Waals surface area contributed by atoms with E-state index in [1.54, 1.807) is 26.8 Å². The van der Waals surface area contributed by atoms with E-state index >= 15 is 0 Å². The van der Waals surface area contributed by atoms with Gasteiger partial charge in [-0.3, -0.25) is 4.79 Å². The molecule has 0 aliphatic heterocycles. The van der Waals surface area contributed by atoms with Crippen molar-refractivity contribution in [2.24, 2.45) is 0 Å². The molecule has 7 heteroatoms. The first-order chi connectivity index (χ1) is 9.66. The van der Waals surface area contributed by atoms with Gasteiger partial charge in [-0.05, 0) is 39.7 Å². The number of rotatable bonds is 5. The Balaban J connectivity index is 2.35. The Morgan fingerprint density at radius 2 is 2.00 bits per heavy atom. The van der Waals surface area contributed by atoms with Gasteiger partial charge in [0.05, 0.1) is 18.1 Å². The molecule has 1 aromatic rings. The average molecular weight is 312 g/mol. The van der Waals surface area contributed by atoms with Crippen molar-refractivity contribution in [3.8, 4) is 0 Å². The maximum atomic E-state index is 12.1. The van der Waals surface area contributed by atoms with E-state index in [-0.39, 0.29) is 16.8 Å². The van der Waals surface area contributed by atoms with Crippen molar-refractivity contribution >= 4 is 15.8 Å². The van der Waals surface area contributed by atoms with Crippen LogP contribution in [0.5, 0.6) is 0 Å². The second-order valence-electron chi connectivity index (χ2n) is 5.93. The normalized spacial score (nSPS) is 15.8. The number of esters is 1. The molecule has 0 atom stereocenters. The van der Waals surface area contributed by atoms with Crippen molar-refractivity contribution in [3.05, 3.63) is 23.3 Å². The van der Waals surface area contributed by atoms with Crippen LogP contribution in [0.25, 0.3) is 0 Å². The largest absolute Gasteiger partial charge is 0.468 e. The number of hydrogen-bond acceptors (Lipinski definition) is 6. The molecule has 0 N–H and O–H groups in total. The lowest BCUT2D eigenvalue weighted by Crippen LogP contribution is -2.32. The summed E-state index contributed by atoms with van der Waals surface area (Å²) in [5.74, 6) is -0.352. The highest BCUT2D eigenvalue weighted by Crippen LogP contribution is 2.31. The molecular weight excluding hydrogens is 292 g/mol. The predicted molar refractivity (Wildman–Crippen MR) is 77.5 cm³/mol. The molecule has 1 heterocycles. The quantitative estimate of drug-likeness (QED) is 0.762. The molecule has 0 aromatic carbocycles. The van der Waals surface area contributed by atoms with Gasteiger partial charge in [-0.25, -0.2) is 18.4 Å². The van der Waals surface area contributed by atoms with Crippen LogP contribution in [-0.4, -0.2) is 36.7 Å². The van der Waals surface area contributed by atoms with Gasteiger partial charge in [0.2, 0.25) is 0 Å². The molecule has 1 saturated carbocycles. The number of sulfone groups is 1. The predicted octanol–water partition coefficient (Wildman–Crippen LogP) is 1.31. The molecule has 1 aliphatic carbocycles. The molecule has 21 heavy (non-hydrogen) atoms. The van der Waals surface area contributed by atoms with E-state index in [1.807, 2.05) is 0 Å². The molecule has 0 spiro atoms. The van der Waals surface area contributed by atoms with Crippen molar-refractivity contribution in [3.63, 3.8) is 0 Å². The van der Waals surface area contributed by atoms with Crippen LogP contribution in [0, 0.1) is 6.92 Å². The van der Waals surface area contributed by atoms with Crippen LogP contribution in [0.1, 0.15) is 43.9 Å². The number of nitrogens with zero attached hydrogens (tertiary/aromatic N) is 2. The van der Waals surface area contributed by atoms with E-state index < -0.39 is 21.2 Å². The Kier molecular flexibility index (Phi) is 4.06. The third-order valence-electron chi connectivity index (χ3n) is 3.60. The highest BCUT2D eigenvalue weighted by Gasteiger charge is 2.37. The number of aryl methyl sites for hydroxylation is 1. The molecule has 0 amide bonds. The van der Waals surface area contributed by atoms with Crippen molar-refractivity contribution in [2.75, 3.05) is 7.11 Å². The minimum atomic E-state index is -3.19. The lowest BCUT2D eigenvalue weighted by atomic mass is 9.89. The number of hydrogen-bond donors (Lipinski definition) is 0. The highest BCUT2D eigenvalue weighted by atomic mass is 32.2. The standard InChI is InChI=1S/C14H20N2O4S/c1-9-7-11(14(2,3)13(17)20-4)16-12(15-9)8-21(18,19)10-5-6-10/h7,10H,5-6,8H2,1-4H3. The maximum Gasteiger partial charge on any atom is 0.317 e. The van der Waals surface area contributed by atoms with Crippen molar-refractivity contribution in [2.45, 2.75) is 50.0 Å². The first-order valence-electron chi connectivity index (χ1n) is 6.82. The van der Waals surface area contributed by atoms with Crippen LogP contribution in [0.4, 0.5) is 0 Å². The molecule has 0 bridgehead atoms. The number of carbonyl (C=O) groups is 1. The van der Waals surface area contributed by atoms with Gasteiger partial charge < -0.3 is 4.74 Å². The van der Waals surface area contributed by atoms with E-state index in [0.717, 1.165) is 0 Å². The monoisotopic (exact) mass is 312 g/mol. The summed E-state index contributed by atoms with van der Waals surface area (Å²) in [6.45, 7) is 5.14. The van der Waals surface area contributed by atoms with Gasteiger partial charge in [0.25, 0.3) is 0 Å². The summed E-state index contributed by atoms with van der Waals surface area (Å²) in [4.78, 5) is 20.3. The van der Waals surface area contributed by atoms with Crippen molar-refractivity contribution in [1.82, 2.24) is 9.97 Å². The molecule has 1 fully saturated rings. The zero-order chi connectivity index (χ0) is 15.8. The molecule has 6 nitrogen and oxygen atoms in total. The minimum absolute atomic E-state index is 0.177. The SMILES string of the molecule is COC(=O)C(C)(C)c1cc(C)nc(CS(=O)(=O)C2CC2)n1. The van der Waals surface area contributed by atoms with Crippen LogP contribution in [0.2, 0.25) is 0 Å². The number of carbonyl (C=O) groups excluding carboxylic acids is 1. The average Bonchev–Trinajstić information content (AvgIpc) is 3.20. The molecule has 1 aromatic heterocycles. The smallest absolute Gasteiger partial charge is 0.317 e. The number of aromatic nitrogens is 2. The topological polar surface area (TPSA) is 86.2 Å². The first-order valence-corrected chi connectivity index (χ1v) is 8.53. The van der Waals surface area contributed by atoms with Crippen molar-refractivity contribution in [1.29, 1.82) is 0 Å². The van der Waals surface area contributed by atoms with Gasteiger partial charge >= 0.3 is 5.97 Å². The Bertz CT molecular complexity index is 664. The zero-order valence-corrected chi connectivity index (χ0v) is 13.5. The van der Waals surface area contributed by atoms with Crippen LogP contribution < -0.4 is 0 Å². The second-order valence-corrected chi connectivity index (χ2v) is 8.21. The van der Waals surface area contributed by atoms with Gasteiger partial charge in [0.1, 0.15) is 17.0 Å². The van der Waals surface area contributed by atoms with Gasteiger partial charge in [-0.1, -0.05) is 0 Å². The second kappa shape index (κ2) is 5.36. The van der Waals surface area contributed by atoms with Crippen LogP contribution in [0.15, 0.2) is 6.07 Å². The van der Waals surface area contributed by atoms with Gasteiger partial charge in [-0.15, -0.1) is 0 Å². The van der Waals surface area contributed by atoms with Gasteiger partial charge in [0.15, 0.2) is 9.84 Å². The molecule has 0 saturated heterocycles. The fourth-order valence-electron chi connectivity index (χ4n) is 2.10. The lowest BCUT2D eigenvalue weighted by molar-refractivity contribution is -0.146. The molecule has 2 rings (SSSR count). The van der Waals surface area contributed by atoms with Crippen LogP contribution >= 0.6 is 0 Å². The fraction of sp³-hybridized carbons (Fsp3) is 0.643. The molecule has 116 valence electrons. The maximum absolute atomic E-state index is 12.1. The van der Waals surface area contributed by atoms with E-state index in [9.17, 15) is 13.2 Å². The summed E-state index contributed by atoms with van der Waals surface area (Å²) < 4.78 is 28.9. The molecule has 0 radical (unpaired) electrons. The molecule has 1 aliphatic rings. The lowest BCUT2D eigenvalue weighted by Gasteiger charge is -2.21. The third kappa shape index (κ3) is 3.40. The van der Waals surface area contributed by atoms with Crippen LogP contribution in [0.3, 0.4) is 0 Å². The summed E-state index contributed by atoms with van der Waals surface area (Å²) in [7, 11) is -1.87. The van der Waals surface area contributed by atoms with Gasteiger partial charge in [0, 0.05) is 5.69 Å². The zero-order valence-electron chi connectivity index (χ0n) is 12.7. The Morgan fingerprint density at radius 1 is 1.38 bits per heavy atom. The molecular formula is C14H20N2O4S. The summed E-state index contributed by atoms with van der Waals surface area (Å²) >= 11 is 0. The summed E-state index contributed by atoms with van der Waals surface area (Å²) in [5.41, 5.74) is 0.168. The van der Waals surface area contributed by atoms with Gasteiger partial charge in [-0.2, -0.15) is 0 Å². The highest BCUT2D eigenvalue weighted by molar-refractivity contribution is 7.91.